The third-order valence-electron chi connectivity index (χ3n) is 3.39. The number of rotatable bonds is 5. The van der Waals surface area contributed by atoms with Crippen LogP contribution >= 0.6 is 12.6 Å². The van der Waals surface area contributed by atoms with Crippen molar-refractivity contribution >= 4 is 24.3 Å². The van der Waals surface area contributed by atoms with Gasteiger partial charge in [-0.25, -0.2) is 8.78 Å². The summed E-state index contributed by atoms with van der Waals surface area (Å²) in [5, 5.41) is 2.95. The number of thiol groups is 1. The Hall–Kier alpha value is -2.12. The third kappa shape index (κ3) is 4.69. The van der Waals surface area contributed by atoms with Crippen LogP contribution in [0, 0.1) is 11.6 Å². The molecule has 0 aliphatic heterocycles. The first kappa shape index (κ1) is 18.2. The van der Waals surface area contributed by atoms with E-state index in [1.165, 1.54) is 12.1 Å². The molecule has 2 rings (SSSR count). The van der Waals surface area contributed by atoms with Gasteiger partial charge in [-0.1, -0.05) is 12.1 Å². The molecule has 0 amide bonds. The third-order valence-corrected chi connectivity index (χ3v) is 3.76. The minimum atomic E-state index is -0.656. The zero-order valence-electron chi connectivity index (χ0n) is 13.4. The van der Waals surface area contributed by atoms with Crippen LogP contribution in [-0.4, -0.2) is 25.7 Å². The van der Waals surface area contributed by atoms with E-state index in [2.05, 4.69) is 22.9 Å². The van der Waals surface area contributed by atoms with Gasteiger partial charge in [-0.05, 0) is 30.7 Å². The molecule has 0 saturated carbocycles. The van der Waals surface area contributed by atoms with E-state index in [4.69, 9.17) is 10.5 Å². The lowest BCUT2D eigenvalue weighted by Gasteiger charge is -2.15. The van der Waals surface area contributed by atoms with Gasteiger partial charge in [0, 0.05) is 23.6 Å². The quantitative estimate of drug-likeness (QED) is 0.437. The highest BCUT2D eigenvalue weighted by Gasteiger charge is 2.12. The summed E-state index contributed by atoms with van der Waals surface area (Å²) in [6.45, 7) is 2.25. The first-order chi connectivity index (χ1) is 11.4. The van der Waals surface area contributed by atoms with Crippen molar-refractivity contribution in [2.75, 3.05) is 19.0 Å². The first-order valence-corrected chi connectivity index (χ1v) is 7.73. The largest absolute Gasteiger partial charge is 0.380 e. The number of hydrogen-bond acceptors (Lipinski definition) is 3. The number of para-hydroxylation sites is 1. The maximum absolute atomic E-state index is 13.5. The average molecular weight is 351 g/mol. The molecular formula is C17H19F2N3OS. The van der Waals surface area contributed by atoms with Gasteiger partial charge in [-0.3, -0.25) is 4.99 Å². The highest BCUT2D eigenvalue weighted by atomic mass is 32.1. The Morgan fingerprint density at radius 2 is 1.96 bits per heavy atom. The second kappa shape index (κ2) is 8.12. The lowest BCUT2D eigenvalue weighted by atomic mass is 10.0. The Kier molecular flexibility index (Phi) is 6.16. The van der Waals surface area contributed by atoms with Gasteiger partial charge >= 0.3 is 0 Å². The normalized spacial score (nSPS) is 13.0. The van der Waals surface area contributed by atoms with Gasteiger partial charge < -0.3 is 15.8 Å². The summed E-state index contributed by atoms with van der Waals surface area (Å²) in [5.41, 5.74) is 7.36. The molecule has 3 N–H and O–H groups in total. The molecule has 24 heavy (non-hydrogen) atoms. The minimum Gasteiger partial charge on any atom is -0.380 e. The van der Waals surface area contributed by atoms with Crippen LogP contribution in [0.4, 0.5) is 14.5 Å². The molecule has 0 saturated heterocycles. The standard InChI is InChI=1S/C17H19F2N3OS/c1-10(23-2)9-21-17(20)22-16-14(4-3-5-15(16)24)11-6-12(18)8-13(19)7-11/h3-8,10,24H,9H2,1-2H3,(H3,20,21,22). The van der Waals surface area contributed by atoms with Crippen molar-refractivity contribution in [3.63, 3.8) is 0 Å². The van der Waals surface area contributed by atoms with Crippen molar-refractivity contribution in [3.8, 4) is 11.1 Å². The molecule has 0 aromatic heterocycles. The summed E-state index contributed by atoms with van der Waals surface area (Å²) in [6.07, 6.45) is -0.0756. The molecular weight excluding hydrogens is 332 g/mol. The zero-order chi connectivity index (χ0) is 17.7. The van der Waals surface area contributed by atoms with E-state index in [1.54, 1.807) is 25.3 Å². The molecule has 7 heteroatoms. The zero-order valence-corrected chi connectivity index (χ0v) is 14.3. The predicted octanol–water partition coefficient (Wildman–Crippen LogP) is 3.68. The number of ether oxygens (including phenoxy) is 1. The summed E-state index contributed by atoms with van der Waals surface area (Å²) >= 11 is 4.39. The summed E-state index contributed by atoms with van der Waals surface area (Å²) in [5.74, 6) is -1.15. The van der Waals surface area contributed by atoms with Gasteiger partial charge in [0.15, 0.2) is 5.96 Å². The smallest absolute Gasteiger partial charge is 0.193 e. The molecule has 4 nitrogen and oxygen atoms in total. The van der Waals surface area contributed by atoms with Crippen molar-refractivity contribution in [1.82, 2.24) is 0 Å². The van der Waals surface area contributed by atoms with Crippen molar-refractivity contribution in [2.45, 2.75) is 17.9 Å². The first-order valence-electron chi connectivity index (χ1n) is 7.29. The number of benzene rings is 2. The van der Waals surface area contributed by atoms with E-state index < -0.39 is 11.6 Å². The molecule has 0 spiro atoms. The van der Waals surface area contributed by atoms with Gasteiger partial charge in [0.1, 0.15) is 11.6 Å². The fourth-order valence-electron chi connectivity index (χ4n) is 2.09. The number of guanidine groups is 1. The topological polar surface area (TPSA) is 59.6 Å². The van der Waals surface area contributed by atoms with Crippen molar-refractivity contribution in [2.24, 2.45) is 10.7 Å². The molecule has 2 aromatic carbocycles. The number of methoxy groups -OCH3 is 1. The molecule has 1 unspecified atom stereocenters. The molecule has 0 fully saturated rings. The molecule has 1 atom stereocenters. The van der Waals surface area contributed by atoms with Crippen LogP contribution in [0.1, 0.15) is 6.92 Å². The van der Waals surface area contributed by atoms with Crippen molar-refractivity contribution in [3.05, 3.63) is 48.0 Å². The lowest BCUT2D eigenvalue weighted by molar-refractivity contribution is 0.125. The molecule has 0 radical (unpaired) electrons. The summed E-state index contributed by atoms with van der Waals surface area (Å²) in [7, 11) is 1.59. The fourth-order valence-corrected chi connectivity index (χ4v) is 2.35. The molecule has 0 aliphatic carbocycles. The number of hydrogen-bond donors (Lipinski definition) is 3. The van der Waals surface area contributed by atoms with Gasteiger partial charge in [-0.2, -0.15) is 0 Å². The van der Waals surface area contributed by atoms with Crippen LogP contribution in [-0.2, 0) is 4.74 Å². The lowest BCUT2D eigenvalue weighted by Crippen LogP contribution is -2.25. The number of nitrogens with zero attached hydrogens (tertiary/aromatic N) is 1. The number of halogens is 2. The Balaban J connectivity index is 2.37. The highest BCUT2D eigenvalue weighted by Crippen LogP contribution is 2.33. The van der Waals surface area contributed by atoms with Crippen LogP contribution in [0.3, 0.4) is 0 Å². The van der Waals surface area contributed by atoms with Crippen LogP contribution in [0.5, 0.6) is 0 Å². The molecule has 0 bridgehead atoms. The molecule has 128 valence electrons. The van der Waals surface area contributed by atoms with Gasteiger partial charge in [0.2, 0.25) is 0 Å². The predicted molar refractivity (Wildman–Crippen MR) is 95.6 cm³/mol. The van der Waals surface area contributed by atoms with Crippen molar-refractivity contribution < 1.29 is 13.5 Å². The number of anilines is 1. The van der Waals surface area contributed by atoms with Crippen LogP contribution < -0.4 is 11.1 Å². The Bertz CT molecular complexity index is 732. The van der Waals surface area contributed by atoms with E-state index in [-0.39, 0.29) is 12.1 Å². The van der Waals surface area contributed by atoms with E-state index in [9.17, 15) is 8.78 Å². The monoisotopic (exact) mass is 351 g/mol. The SMILES string of the molecule is COC(C)CN=C(N)Nc1c(S)cccc1-c1cc(F)cc(F)c1. The average Bonchev–Trinajstić information content (AvgIpc) is 2.53. The van der Waals surface area contributed by atoms with Crippen LogP contribution in [0.2, 0.25) is 0 Å². The van der Waals surface area contributed by atoms with Gasteiger partial charge in [-0.15, -0.1) is 12.6 Å². The Morgan fingerprint density at radius 1 is 1.29 bits per heavy atom. The van der Waals surface area contributed by atoms with Gasteiger partial charge in [0.05, 0.1) is 18.3 Å². The second-order valence-electron chi connectivity index (χ2n) is 5.26. The number of nitrogens with one attached hydrogen (secondary N) is 1. The summed E-state index contributed by atoms with van der Waals surface area (Å²) < 4.78 is 32.1. The Morgan fingerprint density at radius 3 is 2.58 bits per heavy atom. The van der Waals surface area contributed by atoms with Crippen molar-refractivity contribution in [1.29, 1.82) is 0 Å². The van der Waals surface area contributed by atoms with E-state index in [1.807, 2.05) is 6.92 Å². The summed E-state index contributed by atoms with van der Waals surface area (Å²) in [6, 6.07) is 8.53. The number of aliphatic imine (C=N–C) groups is 1. The van der Waals surface area contributed by atoms with Crippen LogP contribution in [0.25, 0.3) is 11.1 Å². The van der Waals surface area contributed by atoms with E-state index in [0.717, 1.165) is 6.07 Å². The molecule has 0 heterocycles. The minimum absolute atomic E-state index is 0.0756. The maximum atomic E-state index is 13.5. The Labute approximate surface area is 145 Å². The van der Waals surface area contributed by atoms with Gasteiger partial charge in [0.25, 0.3) is 0 Å². The fraction of sp³-hybridized carbons (Fsp3) is 0.235. The highest BCUT2D eigenvalue weighted by molar-refractivity contribution is 7.80. The van der Waals surface area contributed by atoms with E-state index >= 15 is 0 Å². The second-order valence-corrected chi connectivity index (χ2v) is 5.74. The maximum Gasteiger partial charge on any atom is 0.193 e. The molecule has 2 aromatic rings. The number of nitrogens with two attached hydrogens (primary N) is 1. The summed E-state index contributed by atoms with van der Waals surface area (Å²) in [4.78, 5) is 4.76. The van der Waals surface area contributed by atoms with Crippen LogP contribution in [0.15, 0.2) is 46.3 Å². The molecule has 0 aliphatic rings. The van der Waals surface area contributed by atoms with E-state index in [0.29, 0.717) is 28.3 Å².